The summed E-state index contributed by atoms with van der Waals surface area (Å²) in [5.41, 5.74) is 7.86. The van der Waals surface area contributed by atoms with Gasteiger partial charge < -0.3 is 4.74 Å². The van der Waals surface area contributed by atoms with Crippen LogP contribution in [-0.4, -0.2) is 17.4 Å². The van der Waals surface area contributed by atoms with Gasteiger partial charge in [0.1, 0.15) is 5.75 Å². The number of nitrogens with one attached hydrogen (secondary N) is 2. The van der Waals surface area contributed by atoms with Crippen LogP contribution in [0.1, 0.15) is 31.9 Å². The Bertz CT molecular complexity index is 889. The van der Waals surface area contributed by atoms with E-state index in [9.17, 15) is 14.9 Å². The van der Waals surface area contributed by atoms with Crippen molar-refractivity contribution >= 4 is 33.2 Å². The summed E-state index contributed by atoms with van der Waals surface area (Å²) in [5.74, 6) is -0.0879. The van der Waals surface area contributed by atoms with Crippen LogP contribution in [0.2, 0.25) is 0 Å². The van der Waals surface area contributed by atoms with E-state index in [0.29, 0.717) is 15.9 Å². The van der Waals surface area contributed by atoms with Crippen LogP contribution in [-0.2, 0) is 10.2 Å². The summed E-state index contributed by atoms with van der Waals surface area (Å²) >= 11 is 3.19. The van der Waals surface area contributed by atoms with Crippen LogP contribution >= 0.6 is 15.9 Å². The van der Waals surface area contributed by atoms with Gasteiger partial charge in [-0.15, -0.1) is 0 Å². The molecule has 0 fully saturated rings. The predicted octanol–water partition coefficient (Wildman–Crippen LogP) is 4.33. The number of benzene rings is 2. The molecule has 0 aliphatic rings. The molecule has 0 spiro atoms. The monoisotopic (exact) mass is 447 g/mol. The fourth-order valence-corrected chi connectivity index (χ4v) is 2.77. The second kappa shape index (κ2) is 8.88. The number of ether oxygens (including phenoxy) is 1. The Labute approximate surface area is 172 Å². The molecule has 7 nitrogen and oxygen atoms in total. The van der Waals surface area contributed by atoms with Crippen molar-refractivity contribution in [1.29, 1.82) is 0 Å². The van der Waals surface area contributed by atoms with Gasteiger partial charge in [-0.25, -0.2) is 0 Å². The largest absolute Gasteiger partial charge is 0.483 e. The summed E-state index contributed by atoms with van der Waals surface area (Å²) in [6, 6.07) is 12.0. The molecule has 2 aromatic carbocycles. The highest BCUT2D eigenvalue weighted by molar-refractivity contribution is 9.10. The van der Waals surface area contributed by atoms with Gasteiger partial charge in [-0.1, -0.05) is 51.6 Å². The van der Waals surface area contributed by atoms with Gasteiger partial charge in [-0.05, 0) is 38.5 Å². The van der Waals surface area contributed by atoms with Crippen LogP contribution in [0.5, 0.6) is 5.75 Å². The molecule has 0 aromatic heterocycles. The first-order valence-corrected chi connectivity index (χ1v) is 9.28. The molecule has 0 unspecified atom stereocenters. The van der Waals surface area contributed by atoms with E-state index in [2.05, 4.69) is 54.1 Å². The number of nitro benzene ring substituents is 1. The van der Waals surface area contributed by atoms with E-state index in [1.54, 1.807) is 0 Å². The summed E-state index contributed by atoms with van der Waals surface area (Å²) in [4.78, 5) is 22.2. The van der Waals surface area contributed by atoms with Gasteiger partial charge in [0.05, 0.1) is 15.1 Å². The number of amides is 1. The molecule has 2 N–H and O–H groups in total. The molecule has 0 aliphatic carbocycles. The van der Waals surface area contributed by atoms with Crippen LogP contribution in [0, 0.1) is 10.1 Å². The van der Waals surface area contributed by atoms with Crippen molar-refractivity contribution in [2.45, 2.75) is 26.2 Å². The van der Waals surface area contributed by atoms with Crippen molar-refractivity contribution in [1.82, 2.24) is 10.9 Å². The van der Waals surface area contributed by atoms with Gasteiger partial charge in [0.25, 0.3) is 11.6 Å². The SMILES string of the molecule is C=C(NNC(=O)COc1ccc([N+](=O)[O-])cc1Br)c1ccc(C(C)(C)C)cc1. The zero-order valence-corrected chi connectivity index (χ0v) is 17.5. The zero-order valence-electron chi connectivity index (χ0n) is 15.9. The molecule has 2 aromatic rings. The van der Waals surface area contributed by atoms with Crippen LogP contribution in [0.25, 0.3) is 5.70 Å². The molecular formula is C20H22BrN3O4. The van der Waals surface area contributed by atoms with Crippen molar-refractivity contribution in [3.63, 3.8) is 0 Å². The highest BCUT2D eigenvalue weighted by Crippen LogP contribution is 2.29. The zero-order chi connectivity index (χ0) is 20.9. The number of carbonyl (C=O) groups excluding carboxylic acids is 1. The van der Waals surface area contributed by atoms with Gasteiger partial charge in [0.15, 0.2) is 6.61 Å². The smallest absolute Gasteiger partial charge is 0.276 e. The fraction of sp³-hybridized carbons (Fsp3) is 0.250. The molecule has 8 heteroatoms. The molecule has 28 heavy (non-hydrogen) atoms. The molecular weight excluding hydrogens is 426 g/mol. The van der Waals surface area contributed by atoms with Gasteiger partial charge in [0.2, 0.25) is 0 Å². The highest BCUT2D eigenvalue weighted by Gasteiger charge is 2.14. The maximum absolute atomic E-state index is 12.0. The normalized spacial score (nSPS) is 10.9. The minimum absolute atomic E-state index is 0.0605. The first-order valence-electron chi connectivity index (χ1n) is 8.49. The van der Waals surface area contributed by atoms with Crippen molar-refractivity contribution in [3.8, 4) is 5.75 Å². The number of nitro groups is 1. The topological polar surface area (TPSA) is 93.5 Å². The lowest BCUT2D eigenvalue weighted by Gasteiger charge is -2.19. The van der Waals surface area contributed by atoms with Gasteiger partial charge >= 0.3 is 0 Å². The van der Waals surface area contributed by atoms with E-state index >= 15 is 0 Å². The average molecular weight is 448 g/mol. The van der Waals surface area contributed by atoms with Crippen molar-refractivity contribution in [2.24, 2.45) is 0 Å². The lowest BCUT2D eigenvalue weighted by Crippen LogP contribution is -2.39. The fourth-order valence-electron chi connectivity index (χ4n) is 2.29. The third kappa shape index (κ3) is 5.82. The Kier molecular flexibility index (Phi) is 6.80. The number of non-ortho nitro benzene ring substituents is 1. The second-order valence-electron chi connectivity index (χ2n) is 7.14. The van der Waals surface area contributed by atoms with Crippen LogP contribution < -0.4 is 15.6 Å². The Morgan fingerprint density at radius 3 is 2.36 bits per heavy atom. The molecule has 148 valence electrons. The second-order valence-corrected chi connectivity index (χ2v) is 7.99. The van der Waals surface area contributed by atoms with Crippen molar-refractivity contribution in [2.75, 3.05) is 6.61 Å². The summed E-state index contributed by atoms with van der Waals surface area (Å²) in [5, 5.41) is 10.7. The minimum atomic E-state index is -0.509. The number of rotatable bonds is 7. The molecule has 0 aliphatic heterocycles. The standard InChI is InChI=1S/C20H22BrN3O4/c1-13(14-5-7-15(8-6-14)20(2,3)4)22-23-19(25)12-28-18-10-9-16(24(26)27)11-17(18)21/h5-11,22H,1,12H2,2-4H3,(H,23,25). The highest BCUT2D eigenvalue weighted by atomic mass is 79.9. The molecule has 1 amide bonds. The van der Waals surface area contributed by atoms with E-state index in [0.717, 1.165) is 5.56 Å². The lowest BCUT2D eigenvalue weighted by atomic mass is 9.86. The quantitative estimate of drug-likeness (QED) is 0.486. The first kappa shape index (κ1) is 21.4. The molecule has 0 radical (unpaired) electrons. The number of hydrogen-bond donors (Lipinski definition) is 2. The van der Waals surface area contributed by atoms with Crippen LogP contribution in [0.3, 0.4) is 0 Å². The molecule has 0 atom stereocenters. The number of halogens is 1. The maximum atomic E-state index is 12.0. The van der Waals surface area contributed by atoms with E-state index < -0.39 is 10.8 Å². The summed E-state index contributed by atoms with van der Waals surface area (Å²) in [6.45, 7) is 10.1. The van der Waals surface area contributed by atoms with Crippen LogP contribution in [0.15, 0.2) is 53.5 Å². The molecule has 2 rings (SSSR count). The molecule has 0 bridgehead atoms. The van der Waals surface area contributed by atoms with E-state index in [-0.39, 0.29) is 17.7 Å². The average Bonchev–Trinajstić information content (AvgIpc) is 2.64. The van der Waals surface area contributed by atoms with Gasteiger partial charge in [-0.2, -0.15) is 0 Å². The number of carbonyl (C=O) groups is 1. The third-order valence-corrected chi connectivity index (χ3v) is 4.56. The Morgan fingerprint density at radius 2 is 1.82 bits per heavy atom. The number of hydrazine groups is 1. The maximum Gasteiger partial charge on any atom is 0.276 e. The minimum Gasteiger partial charge on any atom is -0.483 e. The van der Waals surface area contributed by atoms with Gasteiger partial charge in [0, 0.05) is 12.1 Å². The van der Waals surface area contributed by atoms with Gasteiger partial charge in [-0.3, -0.25) is 25.8 Å². The van der Waals surface area contributed by atoms with E-state index in [1.165, 1.54) is 23.8 Å². The number of hydrogen-bond acceptors (Lipinski definition) is 5. The summed E-state index contributed by atoms with van der Waals surface area (Å²) in [7, 11) is 0. The Balaban J connectivity index is 1.85. The van der Waals surface area contributed by atoms with Crippen molar-refractivity contribution < 1.29 is 14.5 Å². The third-order valence-electron chi connectivity index (χ3n) is 3.94. The predicted molar refractivity (Wildman–Crippen MR) is 112 cm³/mol. The van der Waals surface area contributed by atoms with Crippen molar-refractivity contribution in [3.05, 3.63) is 74.8 Å². The summed E-state index contributed by atoms with van der Waals surface area (Å²) < 4.78 is 5.77. The molecule has 0 saturated carbocycles. The molecule has 0 heterocycles. The first-order chi connectivity index (χ1) is 13.1. The Morgan fingerprint density at radius 1 is 1.18 bits per heavy atom. The van der Waals surface area contributed by atoms with E-state index in [4.69, 9.17) is 4.74 Å². The summed E-state index contributed by atoms with van der Waals surface area (Å²) in [6.07, 6.45) is 0. The lowest BCUT2D eigenvalue weighted by molar-refractivity contribution is -0.384. The molecule has 0 saturated heterocycles. The Hall–Kier alpha value is -2.87. The van der Waals surface area contributed by atoms with Crippen LogP contribution in [0.4, 0.5) is 5.69 Å². The number of nitrogens with zero attached hydrogens (tertiary/aromatic N) is 1. The van der Waals surface area contributed by atoms with E-state index in [1.807, 2.05) is 24.3 Å².